The summed E-state index contributed by atoms with van der Waals surface area (Å²) in [5.41, 5.74) is 1.33. The molecule has 0 aromatic carbocycles. The lowest BCUT2D eigenvalue weighted by Gasteiger charge is -2.02. The molecular formula is C14H28O. The van der Waals surface area contributed by atoms with E-state index in [1.54, 1.807) is 0 Å². The third kappa shape index (κ3) is 11.5. The summed E-state index contributed by atoms with van der Waals surface area (Å²) in [5, 5.41) is 0. The van der Waals surface area contributed by atoms with Crippen molar-refractivity contribution in [1.29, 1.82) is 0 Å². The van der Waals surface area contributed by atoms with Gasteiger partial charge in [0.2, 0.25) is 0 Å². The van der Waals surface area contributed by atoms with Gasteiger partial charge in [-0.05, 0) is 25.3 Å². The van der Waals surface area contributed by atoms with E-state index >= 15 is 0 Å². The summed E-state index contributed by atoms with van der Waals surface area (Å²) in [5.74, 6) is 0. The largest absolute Gasteiger partial charge is 0.501 e. The van der Waals surface area contributed by atoms with Crippen molar-refractivity contribution < 1.29 is 4.74 Å². The summed E-state index contributed by atoms with van der Waals surface area (Å²) in [4.78, 5) is 0. The van der Waals surface area contributed by atoms with E-state index in [-0.39, 0.29) is 0 Å². The van der Waals surface area contributed by atoms with Gasteiger partial charge in [0.1, 0.15) is 0 Å². The smallest absolute Gasteiger partial charge is 0.0873 e. The number of ether oxygens (including phenoxy) is 1. The van der Waals surface area contributed by atoms with Gasteiger partial charge in [0.05, 0.1) is 12.9 Å². The van der Waals surface area contributed by atoms with Crippen molar-refractivity contribution in [2.75, 3.05) is 6.61 Å². The summed E-state index contributed by atoms with van der Waals surface area (Å²) < 4.78 is 5.45. The molecule has 0 amide bonds. The lowest BCUT2D eigenvalue weighted by molar-refractivity contribution is 0.237. The van der Waals surface area contributed by atoms with Crippen LogP contribution in [-0.4, -0.2) is 6.61 Å². The highest BCUT2D eigenvalue weighted by Crippen LogP contribution is 2.07. The minimum absolute atomic E-state index is 0.894. The molecule has 0 saturated carbocycles. The van der Waals surface area contributed by atoms with Crippen LogP contribution in [0.5, 0.6) is 0 Å². The summed E-state index contributed by atoms with van der Waals surface area (Å²) in [6, 6.07) is 0. The van der Waals surface area contributed by atoms with E-state index in [0.29, 0.717) is 0 Å². The Hall–Kier alpha value is -0.460. The van der Waals surface area contributed by atoms with Crippen molar-refractivity contribution in [3.63, 3.8) is 0 Å². The Kier molecular flexibility index (Phi) is 11.3. The molecule has 0 spiro atoms. The zero-order valence-corrected chi connectivity index (χ0v) is 10.8. The molecule has 1 heteroatoms. The Morgan fingerprint density at radius 2 is 1.53 bits per heavy atom. The highest BCUT2D eigenvalue weighted by Gasteiger charge is 1.90. The second-order valence-electron chi connectivity index (χ2n) is 4.31. The second kappa shape index (κ2) is 11.6. The van der Waals surface area contributed by atoms with Crippen LogP contribution in [0.1, 0.15) is 72.1 Å². The van der Waals surface area contributed by atoms with Gasteiger partial charge in [-0.1, -0.05) is 52.4 Å². The van der Waals surface area contributed by atoms with Crippen molar-refractivity contribution in [1.82, 2.24) is 0 Å². The molecule has 0 aromatic heterocycles. The van der Waals surface area contributed by atoms with E-state index < -0.39 is 0 Å². The second-order valence-corrected chi connectivity index (χ2v) is 4.31. The number of hydrogen-bond donors (Lipinski definition) is 0. The molecule has 0 N–H and O–H groups in total. The average molecular weight is 212 g/mol. The first kappa shape index (κ1) is 14.5. The van der Waals surface area contributed by atoms with Gasteiger partial charge in [-0.25, -0.2) is 0 Å². The predicted octanol–water partition coefficient (Wildman–Crippen LogP) is 5.07. The summed E-state index contributed by atoms with van der Waals surface area (Å²) >= 11 is 0. The van der Waals surface area contributed by atoms with E-state index in [1.165, 1.54) is 50.5 Å². The van der Waals surface area contributed by atoms with Crippen LogP contribution < -0.4 is 0 Å². The number of unbranched alkanes of at least 4 members (excludes halogenated alkanes) is 6. The normalized spacial score (nSPS) is 11.8. The number of hydrogen-bond acceptors (Lipinski definition) is 1. The standard InChI is InChI=1S/C14H28O/c1-4-6-7-8-9-10-11-12-15-13-14(3)5-2/h13H,4-12H2,1-3H3/b14-13+. The highest BCUT2D eigenvalue weighted by molar-refractivity contribution is 4.90. The molecule has 0 aliphatic heterocycles. The van der Waals surface area contributed by atoms with Crippen LogP contribution in [0.25, 0.3) is 0 Å². The van der Waals surface area contributed by atoms with E-state index in [4.69, 9.17) is 4.74 Å². The van der Waals surface area contributed by atoms with Crippen LogP contribution in [0.4, 0.5) is 0 Å². The Bertz CT molecular complexity index is 149. The number of rotatable bonds is 10. The van der Waals surface area contributed by atoms with Gasteiger partial charge in [0.25, 0.3) is 0 Å². The zero-order valence-electron chi connectivity index (χ0n) is 10.8. The zero-order chi connectivity index (χ0) is 11.4. The Balaban J connectivity index is 3.05. The lowest BCUT2D eigenvalue weighted by atomic mass is 10.1. The molecule has 0 heterocycles. The molecule has 15 heavy (non-hydrogen) atoms. The van der Waals surface area contributed by atoms with Crippen LogP contribution in [-0.2, 0) is 4.74 Å². The molecule has 0 saturated heterocycles. The maximum absolute atomic E-state index is 5.45. The SMILES string of the molecule is CCCCCCCCCO/C=C(\C)CC. The lowest BCUT2D eigenvalue weighted by Crippen LogP contribution is -1.89. The first-order valence-electron chi connectivity index (χ1n) is 6.58. The summed E-state index contributed by atoms with van der Waals surface area (Å²) in [6.07, 6.45) is 12.5. The average Bonchev–Trinajstić information content (AvgIpc) is 2.26. The van der Waals surface area contributed by atoms with Crippen molar-refractivity contribution in [2.45, 2.75) is 72.1 Å². The monoisotopic (exact) mass is 212 g/mol. The maximum Gasteiger partial charge on any atom is 0.0873 e. The van der Waals surface area contributed by atoms with Crippen LogP contribution in [0, 0.1) is 0 Å². The van der Waals surface area contributed by atoms with Crippen molar-refractivity contribution in [3.8, 4) is 0 Å². The highest BCUT2D eigenvalue weighted by atomic mass is 16.5. The fraction of sp³-hybridized carbons (Fsp3) is 0.857. The topological polar surface area (TPSA) is 9.23 Å². The Morgan fingerprint density at radius 3 is 2.13 bits per heavy atom. The van der Waals surface area contributed by atoms with Gasteiger partial charge in [0.15, 0.2) is 0 Å². The molecule has 90 valence electrons. The van der Waals surface area contributed by atoms with E-state index in [2.05, 4.69) is 20.8 Å². The van der Waals surface area contributed by atoms with Gasteiger partial charge in [-0.2, -0.15) is 0 Å². The molecule has 0 aliphatic carbocycles. The van der Waals surface area contributed by atoms with E-state index in [9.17, 15) is 0 Å². The van der Waals surface area contributed by atoms with Crippen molar-refractivity contribution in [3.05, 3.63) is 11.8 Å². The van der Waals surface area contributed by atoms with Gasteiger partial charge < -0.3 is 4.74 Å². The fourth-order valence-corrected chi connectivity index (χ4v) is 1.43. The predicted molar refractivity (Wildman–Crippen MR) is 68.0 cm³/mol. The minimum Gasteiger partial charge on any atom is -0.501 e. The van der Waals surface area contributed by atoms with Gasteiger partial charge in [-0.15, -0.1) is 0 Å². The third-order valence-corrected chi connectivity index (χ3v) is 2.71. The maximum atomic E-state index is 5.45. The molecule has 0 atom stereocenters. The van der Waals surface area contributed by atoms with Gasteiger partial charge >= 0.3 is 0 Å². The molecule has 0 fully saturated rings. The van der Waals surface area contributed by atoms with Crippen LogP contribution in [0.2, 0.25) is 0 Å². The van der Waals surface area contributed by atoms with E-state index in [0.717, 1.165) is 13.0 Å². The van der Waals surface area contributed by atoms with Gasteiger partial charge in [-0.3, -0.25) is 0 Å². The summed E-state index contributed by atoms with van der Waals surface area (Å²) in [7, 11) is 0. The van der Waals surface area contributed by atoms with Crippen LogP contribution in [0.3, 0.4) is 0 Å². The third-order valence-electron chi connectivity index (χ3n) is 2.71. The molecule has 0 bridgehead atoms. The molecular weight excluding hydrogens is 184 g/mol. The van der Waals surface area contributed by atoms with Crippen molar-refractivity contribution >= 4 is 0 Å². The fourth-order valence-electron chi connectivity index (χ4n) is 1.43. The van der Waals surface area contributed by atoms with E-state index in [1.807, 2.05) is 6.26 Å². The molecule has 0 radical (unpaired) electrons. The Labute approximate surface area is 95.9 Å². The Morgan fingerprint density at radius 1 is 0.933 bits per heavy atom. The quantitative estimate of drug-likeness (QED) is 0.363. The molecule has 0 aliphatic rings. The molecule has 0 rings (SSSR count). The summed E-state index contributed by atoms with van der Waals surface area (Å²) in [6.45, 7) is 7.43. The molecule has 0 unspecified atom stereocenters. The number of allylic oxidation sites excluding steroid dienone is 1. The van der Waals surface area contributed by atoms with Gasteiger partial charge in [0, 0.05) is 0 Å². The molecule has 0 aromatic rings. The minimum atomic E-state index is 0.894. The molecule has 1 nitrogen and oxygen atoms in total. The first-order valence-corrected chi connectivity index (χ1v) is 6.58. The van der Waals surface area contributed by atoms with Crippen molar-refractivity contribution in [2.24, 2.45) is 0 Å². The van der Waals surface area contributed by atoms with Crippen LogP contribution >= 0.6 is 0 Å². The first-order chi connectivity index (χ1) is 7.31. The van der Waals surface area contributed by atoms with Crippen LogP contribution in [0.15, 0.2) is 11.8 Å².